The molecule has 0 spiro atoms. The summed E-state index contributed by atoms with van der Waals surface area (Å²) in [7, 11) is 0. The van der Waals surface area contributed by atoms with E-state index in [9.17, 15) is 0 Å². The summed E-state index contributed by atoms with van der Waals surface area (Å²) < 4.78 is 6.71. The number of halogens is 2. The molecule has 0 saturated heterocycles. The van der Waals surface area contributed by atoms with Gasteiger partial charge in [-0.25, -0.2) is 0 Å². The maximum atomic E-state index is 8.78. The van der Waals surface area contributed by atoms with Crippen LogP contribution in [0.5, 0.6) is 0 Å². The molecule has 2 rings (SSSR count). The molecule has 0 aliphatic rings. The lowest BCUT2D eigenvalue weighted by Gasteiger charge is -2.04. The van der Waals surface area contributed by atoms with E-state index >= 15 is 0 Å². The molecule has 0 atom stereocenters. The van der Waals surface area contributed by atoms with Gasteiger partial charge in [0.15, 0.2) is 5.82 Å². The van der Waals surface area contributed by atoms with E-state index < -0.39 is 0 Å². The largest absolute Gasteiger partial charge is 0.397 e. The van der Waals surface area contributed by atoms with Gasteiger partial charge in [-0.2, -0.15) is 4.98 Å². The van der Waals surface area contributed by atoms with Gasteiger partial charge in [-0.05, 0) is 28.1 Å². The number of hydrogen-bond donors (Lipinski definition) is 2. The Kier molecular flexibility index (Phi) is 3.80. The molecule has 0 aliphatic carbocycles. The van der Waals surface area contributed by atoms with Crippen molar-refractivity contribution in [2.45, 2.75) is 6.42 Å². The summed E-state index contributed by atoms with van der Waals surface area (Å²) in [5, 5.41) is 12.5. The number of hydrogen-bond acceptors (Lipinski definition) is 5. The normalized spacial score (nSPS) is 10.8. The molecule has 7 heteroatoms. The predicted octanol–water partition coefficient (Wildman–Crippen LogP) is 2.38. The Balaban J connectivity index is 2.44. The number of nitrogens with zero attached hydrogens (tertiary/aromatic N) is 2. The van der Waals surface area contributed by atoms with Gasteiger partial charge in [-0.1, -0.05) is 21.1 Å². The van der Waals surface area contributed by atoms with Gasteiger partial charge in [-0.3, -0.25) is 0 Å². The number of nitrogens with two attached hydrogens (primary N) is 1. The molecule has 17 heavy (non-hydrogen) atoms. The van der Waals surface area contributed by atoms with Crippen LogP contribution in [0, 0.1) is 0 Å². The van der Waals surface area contributed by atoms with Gasteiger partial charge < -0.3 is 15.4 Å². The Bertz CT molecular complexity index is 542. The number of nitrogen functional groups attached to an aromatic ring is 1. The molecule has 0 aliphatic heterocycles. The van der Waals surface area contributed by atoms with Crippen LogP contribution in [0.4, 0.5) is 5.69 Å². The van der Waals surface area contributed by atoms with Crippen LogP contribution in [0.15, 0.2) is 25.6 Å². The minimum atomic E-state index is -0.0172. The fourth-order valence-electron chi connectivity index (χ4n) is 1.33. The van der Waals surface area contributed by atoms with Crippen molar-refractivity contribution in [3.8, 4) is 11.5 Å². The smallest absolute Gasteiger partial charge is 0.260 e. The molecule has 5 nitrogen and oxygen atoms in total. The fourth-order valence-corrected chi connectivity index (χ4v) is 2.55. The second kappa shape index (κ2) is 5.16. The second-order valence-corrected chi connectivity index (χ2v) is 5.11. The number of aliphatic hydroxyl groups is 1. The summed E-state index contributed by atoms with van der Waals surface area (Å²) in [6, 6.07) is 3.64. The lowest BCUT2D eigenvalue weighted by Crippen LogP contribution is -1.94. The quantitative estimate of drug-likeness (QED) is 0.819. The van der Waals surface area contributed by atoms with Gasteiger partial charge in [0.05, 0.1) is 17.9 Å². The van der Waals surface area contributed by atoms with Crippen molar-refractivity contribution in [1.29, 1.82) is 0 Å². The summed E-state index contributed by atoms with van der Waals surface area (Å²) in [4.78, 5) is 4.15. The van der Waals surface area contributed by atoms with E-state index in [-0.39, 0.29) is 6.61 Å². The van der Waals surface area contributed by atoms with Crippen molar-refractivity contribution in [2.75, 3.05) is 12.3 Å². The van der Waals surface area contributed by atoms with Gasteiger partial charge in [0.25, 0.3) is 5.89 Å². The lowest BCUT2D eigenvalue weighted by atomic mass is 10.2. The van der Waals surface area contributed by atoms with E-state index in [1.165, 1.54) is 0 Å². The van der Waals surface area contributed by atoms with Crippen LogP contribution in [0.3, 0.4) is 0 Å². The highest BCUT2D eigenvalue weighted by atomic mass is 79.9. The van der Waals surface area contributed by atoms with Crippen molar-refractivity contribution in [1.82, 2.24) is 10.1 Å². The second-order valence-electron chi connectivity index (χ2n) is 3.34. The molecule has 1 aromatic heterocycles. The predicted molar refractivity (Wildman–Crippen MR) is 70.3 cm³/mol. The summed E-state index contributed by atoms with van der Waals surface area (Å²) in [6.07, 6.45) is 0.360. The molecule has 0 unspecified atom stereocenters. The third-order valence-corrected chi connectivity index (χ3v) is 3.24. The van der Waals surface area contributed by atoms with Crippen molar-refractivity contribution in [3.63, 3.8) is 0 Å². The molecule has 0 bridgehead atoms. The average Bonchev–Trinajstić information content (AvgIpc) is 2.72. The summed E-state index contributed by atoms with van der Waals surface area (Å²) in [6.45, 7) is -0.0172. The van der Waals surface area contributed by atoms with Gasteiger partial charge in [0, 0.05) is 15.4 Å². The zero-order valence-corrected chi connectivity index (χ0v) is 11.8. The topological polar surface area (TPSA) is 85.2 Å². The van der Waals surface area contributed by atoms with Gasteiger partial charge in [0.2, 0.25) is 0 Å². The first-order valence-electron chi connectivity index (χ1n) is 4.80. The molecular weight excluding hydrogens is 354 g/mol. The molecule has 2 aromatic rings. The summed E-state index contributed by atoms with van der Waals surface area (Å²) in [5.41, 5.74) is 7.11. The number of aromatic nitrogens is 2. The zero-order chi connectivity index (χ0) is 12.4. The Hall–Kier alpha value is -0.920. The van der Waals surface area contributed by atoms with Crippen LogP contribution in [-0.4, -0.2) is 21.9 Å². The van der Waals surface area contributed by atoms with Crippen molar-refractivity contribution in [3.05, 3.63) is 26.9 Å². The Labute approximate surface area is 114 Å². The van der Waals surface area contributed by atoms with Crippen molar-refractivity contribution < 1.29 is 9.63 Å². The van der Waals surface area contributed by atoms with Gasteiger partial charge in [0.1, 0.15) is 0 Å². The molecule has 0 amide bonds. The highest BCUT2D eigenvalue weighted by molar-refractivity contribution is 9.11. The van der Waals surface area contributed by atoms with E-state index in [1.54, 1.807) is 6.07 Å². The minimum Gasteiger partial charge on any atom is -0.397 e. The molecule has 0 fully saturated rings. The van der Waals surface area contributed by atoms with Crippen LogP contribution in [-0.2, 0) is 6.42 Å². The fraction of sp³-hybridized carbons (Fsp3) is 0.200. The third-order valence-electron chi connectivity index (χ3n) is 2.13. The number of rotatable bonds is 3. The Morgan fingerprint density at radius 3 is 2.82 bits per heavy atom. The maximum Gasteiger partial charge on any atom is 0.260 e. The first-order chi connectivity index (χ1) is 8.11. The zero-order valence-electron chi connectivity index (χ0n) is 8.65. The van der Waals surface area contributed by atoms with E-state index in [0.29, 0.717) is 29.4 Å². The molecule has 1 heterocycles. The highest BCUT2D eigenvalue weighted by Gasteiger charge is 2.14. The number of anilines is 1. The van der Waals surface area contributed by atoms with Crippen LogP contribution in [0.1, 0.15) is 5.82 Å². The van der Waals surface area contributed by atoms with Crippen LogP contribution in [0.2, 0.25) is 0 Å². The summed E-state index contributed by atoms with van der Waals surface area (Å²) in [5.74, 6) is 0.797. The third kappa shape index (κ3) is 2.67. The average molecular weight is 363 g/mol. The van der Waals surface area contributed by atoms with Crippen molar-refractivity contribution >= 4 is 37.5 Å². The molecule has 1 aromatic carbocycles. The molecule has 0 radical (unpaired) electrons. The van der Waals surface area contributed by atoms with Crippen LogP contribution < -0.4 is 5.73 Å². The first-order valence-corrected chi connectivity index (χ1v) is 6.38. The van der Waals surface area contributed by atoms with E-state index in [2.05, 4.69) is 42.0 Å². The molecule has 90 valence electrons. The minimum absolute atomic E-state index is 0.0172. The highest BCUT2D eigenvalue weighted by Crippen LogP contribution is 2.34. The SMILES string of the molecule is Nc1c(Br)cc(Br)cc1-c1nc(CCO)no1. The molecular formula is C10H9Br2N3O2. The van der Waals surface area contributed by atoms with Gasteiger partial charge >= 0.3 is 0 Å². The van der Waals surface area contributed by atoms with Crippen molar-refractivity contribution in [2.24, 2.45) is 0 Å². The number of aliphatic hydroxyl groups excluding tert-OH is 1. The maximum absolute atomic E-state index is 8.78. The standard InChI is InChI=1S/C10H9Br2N3O2/c11-5-3-6(9(13)7(12)4-5)10-14-8(1-2-16)15-17-10/h3-4,16H,1-2,13H2. The van der Waals surface area contributed by atoms with Crippen LogP contribution in [0.25, 0.3) is 11.5 Å². The van der Waals surface area contributed by atoms with E-state index in [0.717, 1.165) is 8.95 Å². The summed E-state index contributed by atoms with van der Waals surface area (Å²) >= 11 is 6.71. The van der Waals surface area contributed by atoms with E-state index in [1.807, 2.05) is 6.07 Å². The first kappa shape index (κ1) is 12.5. The Morgan fingerprint density at radius 2 is 2.12 bits per heavy atom. The number of benzene rings is 1. The molecule has 3 N–H and O–H groups in total. The van der Waals surface area contributed by atoms with E-state index in [4.69, 9.17) is 15.4 Å². The lowest BCUT2D eigenvalue weighted by molar-refractivity contribution is 0.293. The van der Waals surface area contributed by atoms with Gasteiger partial charge in [-0.15, -0.1) is 0 Å². The van der Waals surface area contributed by atoms with Crippen LogP contribution >= 0.6 is 31.9 Å². The Morgan fingerprint density at radius 1 is 1.35 bits per heavy atom. The molecule has 0 saturated carbocycles. The monoisotopic (exact) mass is 361 g/mol.